The molecule has 0 radical (unpaired) electrons. The van der Waals surface area contributed by atoms with Gasteiger partial charge in [-0.3, -0.25) is 0 Å². The van der Waals surface area contributed by atoms with Crippen LogP contribution in [0.3, 0.4) is 0 Å². The summed E-state index contributed by atoms with van der Waals surface area (Å²) in [6.45, 7) is 0. The number of hydrogen-bond donors (Lipinski definition) is 1. The molecule has 1 nitrogen and oxygen atoms in total. The molecule has 0 bridgehead atoms. The van der Waals surface area contributed by atoms with Crippen molar-refractivity contribution in [2.45, 2.75) is 12.5 Å². The predicted molar refractivity (Wildman–Crippen MR) is 91.1 cm³/mol. The van der Waals surface area contributed by atoms with Crippen LogP contribution >= 0.6 is 45.8 Å². The molecule has 0 aliphatic carbocycles. The molecule has 106 valence electrons. The highest BCUT2D eigenvalue weighted by atomic mass is 127. The van der Waals surface area contributed by atoms with Gasteiger partial charge >= 0.3 is 0 Å². The van der Waals surface area contributed by atoms with E-state index < -0.39 is 0 Å². The molecule has 1 atom stereocenters. The van der Waals surface area contributed by atoms with Crippen LogP contribution in [-0.2, 0) is 6.42 Å². The Kier molecular flexibility index (Phi) is 5.66. The van der Waals surface area contributed by atoms with Crippen LogP contribution in [0, 0.1) is 9.39 Å². The van der Waals surface area contributed by atoms with Crippen LogP contribution in [0.5, 0.6) is 0 Å². The average Bonchev–Trinajstić information content (AvgIpc) is 2.43. The molecule has 1 unspecified atom stereocenters. The van der Waals surface area contributed by atoms with E-state index in [4.69, 9.17) is 23.2 Å². The van der Waals surface area contributed by atoms with Gasteiger partial charge in [0.05, 0.1) is 10.0 Å². The van der Waals surface area contributed by atoms with Gasteiger partial charge in [-0.1, -0.05) is 35.3 Å². The number of halogens is 4. The monoisotopic (exact) mass is 423 g/mol. The van der Waals surface area contributed by atoms with Gasteiger partial charge in [-0.15, -0.1) is 0 Å². The Bertz CT molecular complexity index is 619. The zero-order valence-electron chi connectivity index (χ0n) is 10.8. The Balaban J connectivity index is 2.23. The quantitative estimate of drug-likeness (QED) is 0.663. The second kappa shape index (κ2) is 7.07. The molecular weight excluding hydrogens is 411 g/mol. The van der Waals surface area contributed by atoms with Crippen molar-refractivity contribution in [2.75, 3.05) is 7.05 Å². The second-order valence-corrected chi connectivity index (χ2v) is 6.44. The first-order valence-electron chi connectivity index (χ1n) is 6.07. The molecule has 0 heterocycles. The van der Waals surface area contributed by atoms with Gasteiger partial charge in [-0.25, -0.2) is 4.39 Å². The number of hydrogen-bond acceptors (Lipinski definition) is 1. The summed E-state index contributed by atoms with van der Waals surface area (Å²) < 4.78 is 14.5. The van der Waals surface area contributed by atoms with Crippen LogP contribution in [-0.4, -0.2) is 7.05 Å². The van der Waals surface area contributed by atoms with Crippen molar-refractivity contribution in [2.24, 2.45) is 0 Å². The molecule has 5 heteroatoms. The first-order valence-corrected chi connectivity index (χ1v) is 7.91. The lowest BCUT2D eigenvalue weighted by Crippen LogP contribution is -2.19. The number of likely N-dealkylation sites (N-methyl/N-ethyl adjacent to an activating group) is 1. The zero-order valence-corrected chi connectivity index (χ0v) is 14.4. The molecule has 0 saturated carbocycles. The molecule has 0 saturated heterocycles. The maximum Gasteiger partial charge on any atom is 0.142 e. The van der Waals surface area contributed by atoms with E-state index in [9.17, 15) is 4.39 Å². The molecule has 0 aliphatic rings. The minimum atomic E-state index is -0.389. The van der Waals surface area contributed by atoms with Gasteiger partial charge in [0.2, 0.25) is 0 Å². The summed E-state index contributed by atoms with van der Waals surface area (Å²) in [6, 6.07) is 10.9. The lowest BCUT2D eigenvalue weighted by Gasteiger charge is -2.17. The molecule has 0 amide bonds. The summed E-state index contributed by atoms with van der Waals surface area (Å²) in [5.41, 5.74) is 1.97. The van der Waals surface area contributed by atoms with Crippen molar-refractivity contribution in [3.8, 4) is 0 Å². The Labute approximate surface area is 141 Å². The van der Waals surface area contributed by atoms with Crippen molar-refractivity contribution in [1.82, 2.24) is 5.32 Å². The minimum absolute atomic E-state index is 0.0741. The first-order chi connectivity index (χ1) is 9.51. The fraction of sp³-hybridized carbons (Fsp3) is 0.200. The number of rotatable bonds is 4. The Morgan fingerprint density at radius 3 is 2.50 bits per heavy atom. The highest BCUT2D eigenvalue weighted by molar-refractivity contribution is 14.1. The van der Waals surface area contributed by atoms with Crippen molar-refractivity contribution < 1.29 is 4.39 Å². The Morgan fingerprint density at radius 1 is 1.15 bits per heavy atom. The summed E-state index contributed by atoms with van der Waals surface area (Å²) in [5.74, 6) is -0.389. The van der Waals surface area contributed by atoms with E-state index in [1.165, 1.54) is 6.07 Å². The smallest absolute Gasteiger partial charge is 0.142 e. The molecular formula is C15H13Cl2FIN. The van der Waals surface area contributed by atoms with Crippen molar-refractivity contribution in [3.63, 3.8) is 0 Å². The van der Waals surface area contributed by atoms with E-state index in [-0.39, 0.29) is 16.9 Å². The molecule has 2 aromatic rings. The highest BCUT2D eigenvalue weighted by Crippen LogP contribution is 2.26. The summed E-state index contributed by atoms with van der Waals surface area (Å²) in [6.07, 6.45) is 0.668. The van der Waals surface area contributed by atoms with Gasteiger partial charge in [0, 0.05) is 9.61 Å². The van der Waals surface area contributed by atoms with Crippen LogP contribution in [0.15, 0.2) is 36.4 Å². The van der Waals surface area contributed by atoms with Gasteiger partial charge in [-0.05, 0) is 71.5 Å². The normalized spacial score (nSPS) is 12.4. The molecule has 2 aromatic carbocycles. The molecule has 0 aliphatic heterocycles. The predicted octanol–water partition coefficient (Wildman–Crippen LogP) is 5.24. The zero-order chi connectivity index (χ0) is 14.7. The average molecular weight is 424 g/mol. The van der Waals surface area contributed by atoms with Crippen LogP contribution in [0.25, 0.3) is 0 Å². The van der Waals surface area contributed by atoms with E-state index in [0.29, 0.717) is 6.42 Å². The number of nitrogens with one attached hydrogen (secondary N) is 1. The lowest BCUT2D eigenvalue weighted by atomic mass is 9.99. The highest BCUT2D eigenvalue weighted by Gasteiger charge is 2.12. The standard InChI is InChI=1S/C15H13Cl2FIN/c1-20-15(10-3-5-14(19)12(17)8-10)7-9-2-4-11(16)13(18)6-9/h2-6,8,15,20H,7H2,1H3. The van der Waals surface area contributed by atoms with Gasteiger partial charge in [0.25, 0.3) is 0 Å². The first kappa shape index (κ1) is 16.0. The molecule has 0 fully saturated rings. The molecule has 1 N–H and O–H groups in total. The fourth-order valence-electron chi connectivity index (χ4n) is 2.02. The molecule has 0 aromatic heterocycles. The summed E-state index contributed by atoms with van der Waals surface area (Å²) in [4.78, 5) is 0. The minimum Gasteiger partial charge on any atom is -0.313 e. The third kappa shape index (κ3) is 3.85. The summed E-state index contributed by atoms with van der Waals surface area (Å²) in [7, 11) is 1.88. The third-order valence-corrected chi connectivity index (χ3v) is 5.00. The Hall–Kier alpha value is -0.360. The fourth-order valence-corrected chi connectivity index (χ4v) is 2.66. The number of benzene rings is 2. The van der Waals surface area contributed by atoms with Gasteiger partial charge in [0.1, 0.15) is 5.82 Å². The van der Waals surface area contributed by atoms with Gasteiger partial charge < -0.3 is 5.32 Å². The second-order valence-electron chi connectivity index (χ2n) is 4.47. The molecule has 2 rings (SSSR count). The molecule has 0 spiro atoms. The van der Waals surface area contributed by atoms with E-state index in [0.717, 1.165) is 19.7 Å². The van der Waals surface area contributed by atoms with Crippen LogP contribution in [0.1, 0.15) is 17.2 Å². The van der Waals surface area contributed by atoms with E-state index >= 15 is 0 Å². The molecule has 20 heavy (non-hydrogen) atoms. The van der Waals surface area contributed by atoms with Gasteiger partial charge in [-0.2, -0.15) is 0 Å². The SMILES string of the molecule is CNC(Cc1ccc(Cl)c(F)c1)c1ccc(I)c(Cl)c1. The van der Waals surface area contributed by atoms with Crippen LogP contribution in [0.4, 0.5) is 4.39 Å². The van der Waals surface area contributed by atoms with Crippen molar-refractivity contribution >= 4 is 45.8 Å². The maximum atomic E-state index is 13.5. The van der Waals surface area contributed by atoms with Crippen molar-refractivity contribution in [1.29, 1.82) is 0 Å². The van der Waals surface area contributed by atoms with Crippen LogP contribution in [0.2, 0.25) is 10.0 Å². The largest absolute Gasteiger partial charge is 0.313 e. The Morgan fingerprint density at radius 2 is 1.90 bits per heavy atom. The van der Waals surface area contributed by atoms with Crippen LogP contribution < -0.4 is 5.32 Å². The topological polar surface area (TPSA) is 12.0 Å². The van der Waals surface area contributed by atoms with Crippen molar-refractivity contribution in [3.05, 3.63) is 67.0 Å². The maximum absolute atomic E-state index is 13.5. The lowest BCUT2D eigenvalue weighted by molar-refractivity contribution is 0.584. The summed E-state index contributed by atoms with van der Waals surface area (Å²) in [5, 5.41) is 4.10. The van der Waals surface area contributed by atoms with E-state index in [1.54, 1.807) is 6.07 Å². The van der Waals surface area contributed by atoms with E-state index in [1.807, 2.05) is 31.3 Å². The third-order valence-electron chi connectivity index (χ3n) is 3.12. The summed E-state index contributed by atoms with van der Waals surface area (Å²) >= 11 is 14.0. The van der Waals surface area contributed by atoms with E-state index in [2.05, 4.69) is 27.9 Å². The van der Waals surface area contributed by atoms with Gasteiger partial charge in [0.15, 0.2) is 0 Å².